The average molecular weight is 420 g/mol. The first-order valence-electron chi connectivity index (χ1n) is 11.8. The van der Waals surface area contributed by atoms with Gasteiger partial charge in [-0.1, -0.05) is 27.7 Å². The van der Waals surface area contributed by atoms with Gasteiger partial charge < -0.3 is 19.4 Å². The number of hydrogen-bond donors (Lipinski definition) is 0. The minimum Gasteiger partial charge on any atom is -0.378 e. The third kappa shape index (κ3) is 5.42. The molecule has 1 aliphatic carbocycles. The molecule has 2 heterocycles. The number of hydrogen-bond acceptors (Lipinski definition) is 5. The van der Waals surface area contributed by atoms with Gasteiger partial charge in [0.25, 0.3) is 5.91 Å². The number of carbonyl (C=O) groups excluding carboxylic acids is 1. The number of aromatic nitrogens is 2. The number of ether oxygens (including phenoxy) is 1. The highest BCUT2D eigenvalue weighted by atomic mass is 16.5. The van der Waals surface area contributed by atoms with Gasteiger partial charge in [0.05, 0.1) is 13.2 Å². The fraction of sp³-hybridized carbons (Fsp3) is 0.826. The monoisotopic (exact) mass is 419 g/mol. The summed E-state index contributed by atoms with van der Waals surface area (Å²) in [5, 5.41) is 4.86. The van der Waals surface area contributed by atoms with E-state index in [9.17, 15) is 4.79 Å². The van der Waals surface area contributed by atoms with Gasteiger partial charge >= 0.3 is 0 Å². The third-order valence-electron chi connectivity index (χ3n) is 6.65. The first kappa shape index (κ1) is 23.2. The molecular weight excluding hydrogens is 378 g/mol. The van der Waals surface area contributed by atoms with Gasteiger partial charge in [0, 0.05) is 50.0 Å². The van der Waals surface area contributed by atoms with E-state index >= 15 is 0 Å². The largest absolute Gasteiger partial charge is 0.378 e. The van der Waals surface area contributed by atoms with Crippen LogP contribution in [0.2, 0.25) is 0 Å². The molecule has 1 aromatic rings. The van der Waals surface area contributed by atoms with Gasteiger partial charge in [-0.05, 0) is 45.3 Å². The summed E-state index contributed by atoms with van der Waals surface area (Å²) in [6.07, 6.45) is 3.07. The summed E-state index contributed by atoms with van der Waals surface area (Å²) in [7, 11) is 2.24. The molecule has 1 atom stereocenters. The van der Waals surface area contributed by atoms with Gasteiger partial charge in [-0.25, -0.2) is 0 Å². The molecule has 30 heavy (non-hydrogen) atoms. The van der Waals surface area contributed by atoms with E-state index in [1.807, 2.05) is 4.90 Å². The second kappa shape index (κ2) is 10.7. The Balaban J connectivity index is 1.78. The SMILES string of the molecule is CCN(CC)CCN(C)[C@@H]1CCc2c(c(C(=O)N3CCOCC3)nn2CC(C)C)C1. The zero-order valence-electron chi connectivity index (χ0n) is 19.7. The fourth-order valence-electron chi connectivity index (χ4n) is 4.65. The Labute approximate surface area is 182 Å². The Morgan fingerprint density at radius 3 is 2.53 bits per heavy atom. The van der Waals surface area contributed by atoms with E-state index in [0.29, 0.717) is 44.0 Å². The summed E-state index contributed by atoms with van der Waals surface area (Å²) in [6, 6.07) is 0.473. The van der Waals surface area contributed by atoms with E-state index in [1.54, 1.807) is 0 Å². The van der Waals surface area contributed by atoms with Gasteiger partial charge in [-0.3, -0.25) is 9.48 Å². The molecule has 0 spiro atoms. The molecule has 1 aliphatic heterocycles. The molecule has 0 aromatic carbocycles. The fourth-order valence-corrected chi connectivity index (χ4v) is 4.65. The topological polar surface area (TPSA) is 53.8 Å². The molecule has 0 bridgehead atoms. The normalized spacial score (nSPS) is 19.7. The van der Waals surface area contributed by atoms with Crippen LogP contribution in [0.15, 0.2) is 0 Å². The molecule has 1 saturated heterocycles. The highest BCUT2D eigenvalue weighted by molar-refractivity contribution is 5.94. The minimum absolute atomic E-state index is 0.0866. The predicted molar refractivity (Wildman–Crippen MR) is 120 cm³/mol. The van der Waals surface area contributed by atoms with Gasteiger partial charge in [-0.2, -0.15) is 5.10 Å². The summed E-state index contributed by atoms with van der Waals surface area (Å²) in [6.45, 7) is 16.7. The Hall–Kier alpha value is -1.44. The van der Waals surface area contributed by atoms with Crippen molar-refractivity contribution in [3.63, 3.8) is 0 Å². The standard InChI is InChI=1S/C23H41N5O2/c1-6-26(7-2)11-10-25(5)19-8-9-21-20(16-19)22(24-28(21)17-18(3)4)23(29)27-12-14-30-15-13-27/h18-19H,6-17H2,1-5H3/t19-/m1/s1. The number of likely N-dealkylation sites (N-methyl/N-ethyl adjacent to an activating group) is 2. The summed E-state index contributed by atoms with van der Waals surface area (Å²) >= 11 is 0. The maximum Gasteiger partial charge on any atom is 0.274 e. The van der Waals surface area contributed by atoms with Crippen LogP contribution in [0.5, 0.6) is 0 Å². The molecule has 1 aromatic heterocycles. The van der Waals surface area contributed by atoms with Crippen LogP contribution in [0.1, 0.15) is 55.9 Å². The first-order chi connectivity index (χ1) is 14.4. The molecule has 2 aliphatic rings. The van der Waals surface area contributed by atoms with Crippen LogP contribution in [0.25, 0.3) is 0 Å². The van der Waals surface area contributed by atoms with E-state index in [4.69, 9.17) is 9.84 Å². The molecule has 0 N–H and O–H groups in total. The molecule has 7 nitrogen and oxygen atoms in total. The quantitative estimate of drug-likeness (QED) is 0.614. The van der Waals surface area contributed by atoms with Crippen LogP contribution in [-0.2, 0) is 24.1 Å². The zero-order valence-corrected chi connectivity index (χ0v) is 19.7. The molecule has 170 valence electrons. The van der Waals surface area contributed by atoms with Crippen LogP contribution >= 0.6 is 0 Å². The van der Waals surface area contributed by atoms with E-state index in [2.05, 4.69) is 49.2 Å². The van der Waals surface area contributed by atoms with Crippen LogP contribution in [-0.4, -0.2) is 96.0 Å². The Bertz CT molecular complexity index is 692. The first-order valence-corrected chi connectivity index (χ1v) is 11.8. The van der Waals surface area contributed by atoms with Crippen molar-refractivity contribution in [3.8, 4) is 0 Å². The number of carbonyl (C=O) groups is 1. The lowest BCUT2D eigenvalue weighted by molar-refractivity contribution is 0.0297. The second-order valence-corrected chi connectivity index (χ2v) is 9.16. The van der Waals surface area contributed by atoms with E-state index in [-0.39, 0.29) is 5.91 Å². The van der Waals surface area contributed by atoms with Crippen molar-refractivity contribution in [1.82, 2.24) is 24.5 Å². The van der Waals surface area contributed by atoms with Crippen LogP contribution in [0, 0.1) is 5.92 Å². The Kier molecular flexibility index (Phi) is 8.31. The summed E-state index contributed by atoms with van der Waals surface area (Å²) in [5.41, 5.74) is 3.17. The smallest absolute Gasteiger partial charge is 0.274 e. The van der Waals surface area contributed by atoms with Crippen LogP contribution in [0.3, 0.4) is 0 Å². The highest BCUT2D eigenvalue weighted by Crippen LogP contribution is 2.28. The minimum atomic E-state index is 0.0866. The Morgan fingerprint density at radius 2 is 1.90 bits per heavy atom. The van der Waals surface area contributed by atoms with Gasteiger partial charge in [0.1, 0.15) is 0 Å². The van der Waals surface area contributed by atoms with E-state index in [1.165, 1.54) is 11.3 Å². The van der Waals surface area contributed by atoms with Gasteiger partial charge in [0.15, 0.2) is 5.69 Å². The van der Waals surface area contributed by atoms with Crippen molar-refractivity contribution in [2.45, 2.75) is 59.5 Å². The molecule has 1 fully saturated rings. The predicted octanol–water partition coefficient (Wildman–Crippen LogP) is 2.14. The van der Waals surface area contributed by atoms with E-state index < -0.39 is 0 Å². The molecule has 7 heteroatoms. The lowest BCUT2D eigenvalue weighted by Crippen LogP contribution is -2.43. The zero-order chi connectivity index (χ0) is 21.7. The number of fused-ring (bicyclic) bond motifs is 1. The lowest BCUT2D eigenvalue weighted by atomic mass is 9.90. The van der Waals surface area contributed by atoms with E-state index in [0.717, 1.165) is 52.0 Å². The van der Waals surface area contributed by atoms with Crippen molar-refractivity contribution >= 4 is 5.91 Å². The summed E-state index contributed by atoms with van der Waals surface area (Å²) in [4.78, 5) is 20.2. The number of morpholine rings is 1. The van der Waals surface area contributed by atoms with Crippen molar-refractivity contribution < 1.29 is 9.53 Å². The summed E-state index contributed by atoms with van der Waals surface area (Å²) in [5.74, 6) is 0.596. The highest BCUT2D eigenvalue weighted by Gasteiger charge is 2.33. The lowest BCUT2D eigenvalue weighted by Gasteiger charge is -2.33. The number of nitrogens with zero attached hydrogens (tertiary/aromatic N) is 5. The molecular formula is C23H41N5O2. The van der Waals surface area contributed by atoms with Gasteiger partial charge in [0.2, 0.25) is 0 Å². The average Bonchev–Trinajstić information content (AvgIpc) is 3.11. The van der Waals surface area contributed by atoms with Gasteiger partial charge in [-0.15, -0.1) is 0 Å². The van der Waals surface area contributed by atoms with Crippen LogP contribution < -0.4 is 0 Å². The van der Waals surface area contributed by atoms with Crippen molar-refractivity contribution in [1.29, 1.82) is 0 Å². The van der Waals surface area contributed by atoms with Crippen molar-refractivity contribution in [2.24, 2.45) is 5.92 Å². The second-order valence-electron chi connectivity index (χ2n) is 9.16. The number of rotatable bonds is 9. The maximum atomic E-state index is 13.3. The molecule has 1 amide bonds. The maximum absolute atomic E-state index is 13.3. The molecule has 0 unspecified atom stereocenters. The molecule has 3 rings (SSSR count). The molecule has 0 radical (unpaired) electrons. The van der Waals surface area contributed by atoms with Crippen LogP contribution in [0.4, 0.5) is 0 Å². The van der Waals surface area contributed by atoms with Crippen molar-refractivity contribution in [3.05, 3.63) is 17.0 Å². The Morgan fingerprint density at radius 1 is 1.20 bits per heavy atom. The third-order valence-corrected chi connectivity index (χ3v) is 6.65. The van der Waals surface area contributed by atoms with Crippen molar-refractivity contribution in [2.75, 3.05) is 59.5 Å². The number of amides is 1. The summed E-state index contributed by atoms with van der Waals surface area (Å²) < 4.78 is 7.56. The molecule has 0 saturated carbocycles.